The molecule has 0 amide bonds. The highest BCUT2D eigenvalue weighted by Crippen LogP contribution is 2.40. The maximum atomic E-state index is 6.34. The summed E-state index contributed by atoms with van der Waals surface area (Å²) in [5.74, 6) is 0.942. The Kier molecular flexibility index (Phi) is 5.99. The average Bonchev–Trinajstić information content (AvgIpc) is 2.61. The van der Waals surface area contributed by atoms with Gasteiger partial charge in [0.05, 0.1) is 18.8 Å². The fourth-order valence-corrected chi connectivity index (χ4v) is 4.39. The predicted octanol–water partition coefficient (Wildman–Crippen LogP) is 5.38. The second-order valence-corrected chi connectivity index (χ2v) is 7.79. The molecule has 0 bridgehead atoms. The molecule has 0 N–H and O–H groups in total. The number of rotatable bonds is 5. The molecular weight excluding hydrogens is 316 g/mol. The summed E-state index contributed by atoms with van der Waals surface area (Å²) in [5, 5.41) is 0. The Labute approximate surface area is 149 Å². The Bertz CT molecular complexity index is 616. The smallest absolute Gasteiger partial charge is 0.134 e. The van der Waals surface area contributed by atoms with Gasteiger partial charge in [-0.05, 0) is 36.5 Å². The molecule has 2 aromatic carbocycles. The zero-order chi connectivity index (χ0) is 16.9. The van der Waals surface area contributed by atoms with Crippen molar-refractivity contribution in [3.05, 3.63) is 66.2 Å². The van der Waals surface area contributed by atoms with Crippen LogP contribution in [0.3, 0.4) is 0 Å². The van der Waals surface area contributed by atoms with E-state index < -0.39 is 0 Å². The number of hydrogen-bond donors (Lipinski definition) is 0. The van der Waals surface area contributed by atoms with Gasteiger partial charge in [-0.3, -0.25) is 0 Å². The van der Waals surface area contributed by atoms with E-state index in [2.05, 4.69) is 69.3 Å². The Hall–Kier alpha value is -1.29. The Morgan fingerprint density at radius 3 is 2.17 bits per heavy atom. The van der Waals surface area contributed by atoms with Crippen molar-refractivity contribution in [3.63, 3.8) is 0 Å². The van der Waals surface area contributed by atoms with E-state index >= 15 is 0 Å². The van der Waals surface area contributed by atoms with E-state index in [1.165, 1.54) is 10.5 Å². The molecule has 24 heavy (non-hydrogen) atoms. The van der Waals surface area contributed by atoms with Crippen molar-refractivity contribution in [2.24, 2.45) is 11.8 Å². The molecular formula is C21H26O2S. The highest BCUT2D eigenvalue weighted by molar-refractivity contribution is 7.99. The predicted molar refractivity (Wildman–Crippen MR) is 100.0 cm³/mol. The van der Waals surface area contributed by atoms with Crippen LogP contribution >= 0.6 is 11.8 Å². The van der Waals surface area contributed by atoms with Crippen LogP contribution in [0.15, 0.2) is 65.6 Å². The molecule has 5 atom stereocenters. The molecule has 1 aliphatic rings. The third-order valence-corrected chi connectivity index (χ3v) is 6.14. The summed E-state index contributed by atoms with van der Waals surface area (Å²) in [7, 11) is 0. The minimum absolute atomic E-state index is 0.0253. The first-order chi connectivity index (χ1) is 11.6. The van der Waals surface area contributed by atoms with E-state index in [0.29, 0.717) is 18.4 Å². The Balaban J connectivity index is 1.72. The van der Waals surface area contributed by atoms with Crippen LogP contribution in [0.25, 0.3) is 0 Å². The second kappa shape index (κ2) is 8.19. The van der Waals surface area contributed by atoms with Gasteiger partial charge in [0.15, 0.2) is 0 Å². The van der Waals surface area contributed by atoms with Crippen LogP contribution in [-0.2, 0) is 16.1 Å². The SMILES string of the molecule is CC1O[C@H](Sc2ccccc2)C(OCc2ccccc2)C(C)[C@@H]1C. The van der Waals surface area contributed by atoms with Crippen LogP contribution in [0, 0.1) is 11.8 Å². The minimum Gasteiger partial charge on any atom is -0.370 e. The summed E-state index contributed by atoms with van der Waals surface area (Å²) in [6, 6.07) is 20.8. The molecule has 128 valence electrons. The maximum absolute atomic E-state index is 6.34. The highest BCUT2D eigenvalue weighted by atomic mass is 32.2. The summed E-state index contributed by atoms with van der Waals surface area (Å²) in [4.78, 5) is 1.23. The fraction of sp³-hybridized carbons (Fsp3) is 0.429. The van der Waals surface area contributed by atoms with Crippen LogP contribution in [0.2, 0.25) is 0 Å². The monoisotopic (exact) mass is 342 g/mol. The van der Waals surface area contributed by atoms with Crippen LogP contribution < -0.4 is 0 Å². The molecule has 1 saturated heterocycles. The van der Waals surface area contributed by atoms with Gasteiger partial charge < -0.3 is 9.47 Å². The van der Waals surface area contributed by atoms with E-state index in [0.717, 1.165) is 0 Å². The zero-order valence-corrected chi connectivity index (χ0v) is 15.4. The molecule has 1 fully saturated rings. The zero-order valence-electron chi connectivity index (χ0n) is 14.6. The molecule has 3 rings (SSSR count). The third kappa shape index (κ3) is 4.21. The van der Waals surface area contributed by atoms with Crippen LogP contribution in [0.4, 0.5) is 0 Å². The first-order valence-electron chi connectivity index (χ1n) is 8.68. The van der Waals surface area contributed by atoms with Crippen molar-refractivity contribution >= 4 is 11.8 Å². The van der Waals surface area contributed by atoms with Gasteiger partial charge >= 0.3 is 0 Å². The van der Waals surface area contributed by atoms with Crippen molar-refractivity contribution in [3.8, 4) is 0 Å². The van der Waals surface area contributed by atoms with E-state index in [1.807, 2.05) is 12.1 Å². The topological polar surface area (TPSA) is 18.5 Å². The lowest BCUT2D eigenvalue weighted by molar-refractivity contribution is -0.153. The molecule has 0 saturated carbocycles. The summed E-state index contributed by atoms with van der Waals surface area (Å²) < 4.78 is 12.7. The standard InChI is InChI=1S/C21H26O2S/c1-15-16(2)20(22-14-18-10-6-4-7-11-18)21(23-17(15)3)24-19-12-8-5-9-13-19/h4-13,15-17,20-21H,14H2,1-3H3/t15-,16?,17?,20?,21+/m0/s1. The molecule has 0 radical (unpaired) electrons. The number of hydrogen-bond acceptors (Lipinski definition) is 3. The quantitative estimate of drug-likeness (QED) is 0.726. The van der Waals surface area contributed by atoms with Crippen molar-refractivity contribution < 1.29 is 9.47 Å². The third-order valence-electron chi connectivity index (χ3n) is 4.99. The van der Waals surface area contributed by atoms with Gasteiger partial charge in [-0.1, -0.05) is 74.1 Å². The van der Waals surface area contributed by atoms with Crippen molar-refractivity contribution in [1.82, 2.24) is 0 Å². The molecule has 3 unspecified atom stereocenters. The van der Waals surface area contributed by atoms with Crippen LogP contribution in [0.1, 0.15) is 26.3 Å². The summed E-state index contributed by atoms with van der Waals surface area (Å²) in [5.41, 5.74) is 1.23. The average molecular weight is 343 g/mol. The van der Waals surface area contributed by atoms with Gasteiger partial charge in [0.25, 0.3) is 0 Å². The first-order valence-corrected chi connectivity index (χ1v) is 9.56. The van der Waals surface area contributed by atoms with E-state index in [-0.39, 0.29) is 17.6 Å². The van der Waals surface area contributed by atoms with Gasteiger partial charge in [0.2, 0.25) is 0 Å². The van der Waals surface area contributed by atoms with Gasteiger partial charge in [0.1, 0.15) is 5.44 Å². The molecule has 0 aromatic heterocycles. The van der Waals surface area contributed by atoms with Gasteiger partial charge in [-0.15, -0.1) is 0 Å². The lowest BCUT2D eigenvalue weighted by atomic mass is 9.85. The lowest BCUT2D eigenvalue weighted by Crippen LogP contribution is -2.48. The normalized spacial score (nSPS) is 30.2. The summed E-state index contributed by atoms with van der Waals surface area (Å²) >= 11 is 1.77. The number of thioether (sulfide) groups is 1. The maximum Gasteiger partial charge on any atom is 0.134 e. The molecule has 1 aliphatic heterocycles. The molecule has 0 spiro atoms. The lowest BCUT2D eigenvalue weighted by Gasteiger charge is -2.43. The second-order valence-electron chi connectivity index (χ2n) is 6.62. The van der Waals surface area contributed by atoms with E-state index in [1.54, 1.807) is 11.8 Å². The van der Waals surface area contributed by atoms with Gasteiger partial charge in [-0.2, -0.15) is 0 Å². The highest BCUT2D eigenvalue weighted by Gasteiger charge is 2.40. The fourth-order valence-electron chi connectivity index (χ4n) is 3.11. The summed E-state index contributed by atoms with van der Waals surface area (Å²) in [6.07, 6.45) is 0.333. The Morgan fingerprint density at radius 1 is 0.875 bits per heavy atom. The molecule has 1 heterocycles. The largest absolute Gasteiger partial charge is 0.370 e. The van der Waals surface area contributed by atoms with Gasteiger partial charge in [0, 0.05) is 4.90 Å². The molecule has 3 heteroatoms. The van der Waals surface area contributed by atoms with Crippen LogP contribution in [0.5, 0.6) is 0 Å². The minimum atomic E-state index is 0.0253. The van der Waals surface area contributed by atoms with Crippen molar-refractivity contribution in [2.45, 2.75) is 49.9 Å². The molecule has 0 aliphatic carbocycles. The van der Waals surface area contributed by atoms with Crippen molar-refractivity contribution in [1.29, 1.82) is 0 Å². The molecule has 2 aromatic rings. The van der Waals surface area contributed by atoms with E-state index in [9.17, 15) is 0 Å². The van der Waals surface area contributed by atoms with Crippen LogP contribution in [-0.4, -0.2) is 17.6 Å². The van der Waals surface area contributed by atoms with E-state index in [4.69, 9.17) is 9.47 Å². The van der Waals surface area contributed by atoms with Crippen molar-refractivity contribution in [2.75, 3.05) is 0 Å². The van der Waals surface area contributed by atoms with Gasteiger partial charge in [-0.25, -0.2) is 0 Å². The summed E-state index contributed by atoms with van der Waals surface area (Å²) in [6.45, 7) is 7.36. The first kappa shape index (κ1) is 17.5. The molecule has 2 nitrogen and oxygen atoms in total. The number of benzene rings is 2. The number of ether oxygens (including phenoxy) is 2. The Morgan fingerprint density at radius 2 is 1.50 bits per heavy atom.